The highest BCUT2D eigenvalue weighted by atomic mass is 32.2. The average Bonchev–Trinajstić information content (AvgIpc) is 3.26. The van der Waals surface area contributed by atoms with E-state index < -0.39 is 12.0 Å². The van der Waals surface area contributed by atoms with Crippen molar-refractivity contribution in [3.63, 3.8) is 0 Å². The Morgan fingerprint density at radius 3 is 2.24 bits per heavy atom. The van der Waals surface area contributed by atoms with E-state index in [0.29, 0.717) is 28.5 Å². The lowest BCUT2D eigenvalue weighted by atomic mass is 9.92. The van der Waals surface area contributed by atoms with Gasteiger partial charge in [0.1, 0.15) is 0 Å². The fraction of sp³-hybridized carbons (Fsp3) is 0.308. The standard InChI is InChI=1S/C26H28N2O5S/c1-7-33-25(29)22-16(3)27-26-28(19(14-34-26)17-10-8-15(2)9-11-17)23(22)18-12-20(30-4)24(32-6)21(13-18)31-5/h8-14,23H,7H2,1-6H3/t23-/m0/s1. The predicted molar refractivity (Wildman–Crippen MR) is 134 cm³/mol. The number of ether oxygens (including phenoxy) is 4. The number of fused-ring (bicyclic) bond motifs is 1. The van der Waals surface area contributed by atoms with Crippen LogP contribution in [0.4, 0.5) is 0 Å². The summed E-state index contributed by atoms with van der Waals surface area (Å²) in [6.45, 7) is 5.96. The van der Waals surface area contributed by atoms with Gasteiger partial charge in [-0.2, -0.15) is 0 Å². The number of nitrogens with zero attached hydrogens (tertiary/aromatic N) is 2. The van der Waals surface area contributed by atoms with Gasteiger partial charge in [0, 0.05) is 5.41 Å². The molecule has 4 rings (SSSR count). The van der Waals surface area contributed by atoms with Crippen molar-refractivity contribution in [3.8, 4) is 17.2 Å². The first-order valence-corrected chi connectivity index (χ1v) is 11.8. The summed E-state index contributed by atoms with van der Waals surface area (Å²) in [6, 6.07) is 11.5. The van der Waals surface area contributed by atoms with Crippen LogP contribution in [0.15, 0.2) is 58.1 Å². The van der Waals surface area contributed by atoms with Crippen molar-refractivity contribution in [2.45, 2.75) is 26.8 Å². The Labute approximate surface area is 204 Å². The van der Waals surface area contributed by atoms with E-state index in [9.17, 15) is 4.79 Å². The van der Waals surface area contributed by atoms with Gasteiger partial charge in [-0.25, -0.2) is 9.79 Å². The summed E-state index contributed by atoms with van der Waals surface area (Å²) in [5.74, 6) is 1.10. The van der Waals surface area contributed by atoms with Crippen LogP contribution in [0.5, 0.6) is 17.2 Å². The summed E-state index contributed by atoms with van der Waals surface area (Å²) < 4.78 is 22.2. The molecule has 0 N–H and O–H groups in total. The van der Waals surface area contributed by atoms with Gasteiger partial charge >= 0.3 is 5.97 Å². The molecular weight excluding hydrogens is 452 g/mol. The molecule has 2 aromatic rings. The molecule has 0 bridgehead atoms. The number of aryl methyl sites for hydroxylation is 1. The zero-order chi connectivity index (χ0) is 24.4. The third kappa shape index (κ3) is 4.14. The summed E-state index contributed by atoms with van der Waals surface area (Å²) in [6.07, 6.45) is 0. The average molecular weight is 481 g/mol. The van der Waals surface area contributed by atoms with E-state index in [1.54, 1.807) is 28.3 Å². The number of rotatable bonds is 7. The minimum Gasteiger partial charge on any atom is -0.493 e. The zero-order valence-corrected chi connectivity index (χ0v) is 21.0. The quantitative estimate of drug-likeness (QED) is 0.497. The Bertz CT molecular complexity index is 1180. The van der Waals surface area contributed by atoms with Crippen LogP contribution in [0.1, 0.15) is 36.6 Å². The van der Waals surface area contributed by atoms with Crippen molar-refractivity contribution in [1.29, 1.82) is 0 Å². The number of aliphatic imine (C=N–C) groups is 1. The molecule has 0 amide bonds. The van der Waals surface area contributed by atoms with E-state index in [2.05, 4.69) is 41.5 Å². The molecule has 7 nitrogen and oxygen atoms in total. The van der Waals surface area contributed by atoms with Gasteiger partial charge in [0.05, 0.1) is 50.9 Å². The summed E-state index contributed by atoms with van der Waals surface area (Å²) in [7, 11) is 4.71. The molecule has 2 aliphatic rings. The van der Waals surface area contributed by atoms with Gasteiger partial charge in [0.2, 0.25) is 5.75 Å². The lowest BCUT2D eigenvalue weighted by molar-refractivity contribution is -0.139. The minimum absolute atomic E-state index is 0.267. The second-order valence-corrected chi connectivity index (χ2v) is 8.67. The fourth-order valence-corrected chi connectivity index (χ4v) is 5.13. The molecule has 1 atom stereocenters. The highest BCUT2D eigenvalue weighted by Crippen LogP contribution is 2.49. The lowest BCUT2D eigenvalue weighted by Gasteiger charge is -2.36. The molecule has 0 aromatic heterocycles. The summed E-state index contributed by atoms with van der Waals surface area (Å²) in [4.78, 5) is 20.1. The number of esters is 1. The van der Waals surface area contributed by atoms with E-state index in [1.165, 1.54) is 17.3 Å². The minimum atomic E-state index is -0.497. The zero-order valence-electron chi connectivity index (χ0n) is 20.2. The van der Waals surface area contributed by atoms with Crippen LogP contribution in [0.2, 0.25) is 0 Å². The maximum atomic E-state index is 13.2. The van der Waals surface area contributed by atoms with Gasteiger partial charge in [-0.05, 0) is 44.0 Å². The van der Waals surface area contributed by atoms with Crippen LogP contribution in [0, 0.1) is 6.92 Å². The van der Waals surface area contributed by atoms with Gasteiger partial charge in [-0.15, -0.1) is 0 Å². The largest absolute Gasteiger partial charge is 0.493 e. The molecular formula is C26H28N2O5S. The van der Waals surface area contributed by atoms with E-state index in [1.807, 2.05) is 19.1 Å². The molecule has 0 spiro atoms. The van der Waals surface area contributed by atoms with E-state index in [4.69, 9.17) is 23.9 Å². The highest BCUT2D eigenvalue weighted by molar-refractivity contribution is 8.16. The number of methoxy groups -OCH3 is 3. The van der Waals surface area contributed by atoms with E-state index in [-0.39, 0.29) is 6.61 Å². The molecule has 0 saturated heterocycles. The molecule has 0 saturated carbocycles. The second-order valence-electron chi connectivity index (χ2n) is 7.83. The molecule has 2 aliphatic heterocycles. The Kier molecular flexibility index (Phi) is 6.88. The SMILES string of the molecule is CCOC(=O)C1=C(C)N=C2SC=C(c3ccc(C)cc3)N2[C@H]1c1cc(OC)c(OC)c(OC)c1. The Balaban J connectivity index is 1.93. The third-order valence-corrected chi connectivity index (χ3v) is 6.61. The van der Waals surface area contributed by atoms with Crippen LogP contribution in [-0.2, 0) is 9.53 Å². The number of thioether (sulfide) groups is 1. The normalized spacial score (nSPS) is 17.1. The van der Waals surface area contributed by atoms with Gasteiger partial charge in [0.25, 0.3) is 0 Å². The van der Waals surface area contributed by atoms with Gasteiger partial charge in [-0.1, -0.05) is 41.6 Å². The first-order chi connectivity index (χ1) is 16.4. The van der Waals surface area contributed by atoms with Crippen molar-refractivity contribution in [1.82, 2.24) is 4.90 Å². The van der Waals surface area contributed by atoms with Crippen LogP contribution < -0.4 is 14.2 Å². The Morgan fingerprint density at radius 1 is 1.03 bits per heavy atom. The topological polar surface area (TPSA) is 69.6 Å². The summed E-state index contributed by atoms with van der Waals surface area (Å²) >= 11 is 1.53. The van der Waals surface area contributed by atoms with Crippen LogP contribution in [0.25, 0.3) is 5.70 Å². The van der Waals surface area contributed by atoms with Crippen molar-refractivity contribution < 1.29 is 23.7 Å². The third-order valence-electron chi connectivity index (χ3n) is 5.77. The summed E-state index contributed by atoms with van der Waals surface area (Å²) in [5.41, 5.74) is 5.05. The van der Waals surface area contributed by atoms with Crippen LogP contribution >= 0.6 is 11.8 Å². The fourth-order valence-electron chi connectivity index (χ4n) is 4.16. The molecule has 8 heteroatoms. The van der Waals surface area contributed by atoms with E-state index >= 15 is 0 Å². The van der Waals surface area contributed by atoms with Crippen molar-refractivity contribution >= 4 is 28.6 Å². The van der Waals surface area contributed by atoms with E-state index in [0.717, 1.165) is 22.0 Å². The maximum Gasteiger partial charge on any atom is 0.338 e. The first-order valence-electron chi connectivity index (χ1n) is 10.9. The van der Waals surface area contributed by atoms with Crippen molar-refractivity contribution in [3.05, 3.63) is 69.8 Å². The van der Waals surface area contributed by atoms with Crippen molar-refractivity contribution in [2.24, 2.45) is 4.99 Å². The molecule has 34 heavy (non-hydrogen) atoms. The maximum absolute atomic E-state index is 13.2. The Morgan fingerprint density at radius 2 is 1.68 bits per heavy atom. The van der Waals surface area contributed by atoms with Crippen molar-refractivity contribution in [2.75, 3.05) is 27.9 Å². The number of carbonyl (C=O) groups excluding carboxylic acids is 1. The second kappa shape index (κ2) is 9.85. The predicted octanol–water partition coefficient (Wildman–Crippen LogP) is 5.32. The lowest BCUT2D eigenvalue weighted by Crippen LogP contribution is -2.36. The number of carbonyl (C=O) groups is 1. The van der Waals surface area contributed by atoms with Gasteiger partial charge in [-0.3, -0.25) is 0 Å². The monoisotopic (exact) mass is 480 g/mol. The molecule has 2 heterocycles. The number of benzene rings is 2. The highest BCUT2D eigenvalue weighted by Gasteiger charge is 2.41. The van der Waals surface area contributed by atoms with Crippen LogP contribution in [-0.4, -0.2) is 44.0 Å². The smallest absolute Gasteiger partial charge is 0.338 e. The molecule has 2 aromatic carbocycles. The number of hydrogen-bond acceptors (Lipinski definition) is 8. The van der Waals surface area contributed by atoms with Gasteiger partial charge in [0.15, 0.2) is 16.7 Å². The molecule has 0 radical (unpaired) electrons. The Hall–Kier alpha value is -3.39. The number of hydrogen-bond donors (Lipinski definition) is 0. The molecule has 0 fully saturated rings. The number of allylic oxidation sites excluding steroid dienone is 1. The summed E-state index contributed by atoms with van der Waals surface area (Å²) in [5, 5.41) is 2.86. The van der Waals surface area contributed by atoms with Gasteiger partial charge < -0.3 is 23.8 Å². The first kappa shape index (κ1) is 23.8. The molecule has 0 unspecified atom stereocenters. The van der Waals surface area contributed by atoms with Crippen LogP contribution in [0.3, 0.4) is 0 Å². The number of amidine groups is 1. The molecule has 0 aliphatic carbocycles. The molecule has 178 valence electrons.